The molecule has 1 aliphatic rings. The molecule has 1 aromatic carbocycles. The van der Waals surface area contributed by atoms with Gasteiger partial charge < -0.3 is 9.84 Å². The molecule has 0 saturated heterocycles. The van der Waals surface area contributed by atoms with E-state index in [4.69, 9.17) is 21.4 Å². The number of nitrogens with zero attached hydrogens (tertiary/aromatic N) is 1. The Morgan fingerprint density at radius 1 is 1.48 bits per heavy atom. The van der Waals surface area contributed by atoms with E-state index in [1.807, 2.05) is 35.1 Å². The van der Waals surface area contributed by atoms with Gasteiger partial charge >= 0.3 is 5.97 Å². The zero-order valence-electron chi connectivity index (χ0n) is 12.8. The van der Waals surface area contributed by atoms with Crippen molar-refractivity contribution in [3.63, 3.8) is 0 Å². The predicted octanol–water partition coefficient (Wildman–Crippen LogP) is 2.85. The van der Waals surface area contributed by atoms with Crippen molar-refractivity contribution in [3.8, 4) is 0 Å². The number of ether oxygens (including phenoxy) is 1. The number of hydrogen-bond acceptors (Lipinski definition) is 4. The van der Waals surface area contributed by atoms with Crippen LogP contribution in [0, 0.1) is 0 Å². The van der Waals surface area contributed by atoms with Gasteiger partial charge in [-0.05, 0) is 23.6 Å². The first-order valence-electron chi connectivity index (χ1n) is 7.24. The highest BCUT2D eigenvalue weighted by molar-refractivity contribution is 6.31. The van der Waals surface area contributed by atoms with Gasteiger partial charge in [0.25, 0.3) is 0 Å². The number of methoxy groups -OCH3 is 1. The fourth-order valence-electron chi connectivity index (χ4n) is 2.79. The highest BCUT2D eigenvalue weighted by Gasteiger charge is 2.30. The van der Waals surface area contributed by atoms with Crippen molar-refractivity contribution >= 4 is 23.5 Å². The summed E-state index contributed by atoms with van der Waals surface area (Å²) in [7, 11) is 1.42. The van der Waals surface area contributed by atoms with Gasteiger partial charge in [0.05, 0.1) is 13.5 Å². The van der Waals surface area contributed by atoms with Crippen molar-refractivity contribution in [2.24, 2.45) is 0 Å². The maximum atomic E-state index is 11.3. The van der Waals surface area contributed by atoms with Crippen molar-refractivity contribution in [3.05, 3.63) is 52.3 Å². The quantitative estimate of drug-likeness (QED) is 0.492. The van der Waals surface area contributed by atoms with Crippen LogP contribution < -0.4 is 0 Å². The number of rotatable bonds is 6. The lowest BCUT2D eigenvalue weighted by Crippen LogP contribution is -2.36. The molecule has 23 heavy (non-hydrogen) atoms. The third kappa shape index (κ3) is 4.23. The summed E-state index contributed by atoms with van der Waals surface area (Å²) in [6.07, 6.45) is 2.63. The molecule has 0 amide bonds. The van der Waals surface area contributed by atoms with E-state index in [1.165, 1.54) is 7.11 Å². The molecule has 1 atom stereocenters. The van der Waals surface area contributed by atoms with Crippen LogP contribution in [-0.4, -0.2) is 42.1 Å². The third-order valence-electron chi connectivity index (χ3n) is 3.77. The molecule has 1 aliphatic heterocycles. The second kappa shape index (κ2) is 7.97. The van der Waals surface area contributed by atoms with Crippen molar-refractivity contribution in [2.75, 3.05) is 20.2 Å². The Kier molecular flexibility index (Phi) is 5.99. The van der Waals surface area contributed by atoms with E-state index in [9.17, 15) is 9.59 Å². The molecule has 0 saturated carbocycles. The molecule has 6 heteroatoms. The van der Waals surface area contributed by atoms with Crippen LogP contribution in [0.5, 0.6) is 0 Å². The Bertz CT molecular complexity index is 664. The summed E-state index contributed by atoms with van der Waals surface area (Å²) in [5.41, 5.74) is 1.55. The average molecular weight is 336 g/mol. The molecule has 0 unspecified atom stereocenters. The number of halogens is 1. The summed E-state index contributed by atoms with van der Waals surface area (Å²) < 4.78 is 5.20. The minimum Gasteiger partial charge on any atom is -0.488 e. The van der Waals surface area contributed by atoms with Gasteiger partial charge in [0, 0.05) is 18.1 Å². The molecule has 1 aromatic rings. The van der Waals surface area contributed by atoms with Gasteiger partial charge in [-0.25, -0.2) is 4.79 Å². The zero-order chi connectivity index (χ0) is 16.8. The first kappa shape index (κ1) is 17.3. The normalized spacial score (nSPS) is 16.2. The molecule has 1 heterocycles. The summed E-state index contributed by atoms with van der Waals surface area (Å²) in [6, 6.07) is 6.75. The average Bonchev–Trinajstić information content (AvgIpc) is 2.53. The van der Waals surface area contributed by atoms with Crippen LogP contribution in [0.15, 0.2) is 41.7 Å². The van der Waals surface area contributed by atoms with Crippen LogP contribution in [0.3, 0.4) is 0 Å². The van der Waals surface area contributed by atoms with E-state index in [0.717, 1.165) is 11.1 Å². The number of aliphatic carboxylic acids is 1. The highest BCUT2D eigenvalue weighted by atomic mass is 35.5. The Balaban J connectivity index is 2.36. The van der Waals surface area contributed by atoms with Gasteiger partial charge in [-0.3, -0.25) is 9.69 Å². The third-order valence-corrected chi connectivity index (χ3v) is 4.11. The number of carbonyl (C=O) groups is 1. The lowest BCUT2D eigenvalue weighted by atomic mass is 9.99. The van der Waals surface area contributed by atoms with Crippen LogP contribution >= 0.6 is 11.6 Å². The van der Waals surface area contributed by atoms with Gasteiger partial charge in [0.1, 0.15) is 6.04 Å². The Morgan fingerprint density at radius 3 is 2.83 bits per heavy atom. The summed E-state index contributed by atoms with van der Waals surface area (Å²) in [4.78, 5) is 24.2. The number of hydrogen-bond donors (Lipinski definition) is 1. The molecule has 0 fully saturated rings. The van der Waals surface area contributed by atoms with Gasteiger partial charge in [-0.2, -0.15) is 0 Å². The first-order valence-corrected chi connectivity index (χ1v) is 7.61. The maximum Gasteiger partial charge on any atom is 0.307 e. The molecular weight excluding hydrogens is 318 g/mol. The topological polar surface area (TPSA) is 66.8 Å². The largest absolute Gasteiger partial charge is 0.488 e. The minimum absolute atomic E-state index is 0.0150. The molecule has 0 spiro atoms. The summed E-state index contributed by atoms with van der Waals surface area (Å²) in [5.74, 6) is 1.10. The second-order valence-electron chi connectivity index (χ2n) is 5.29. The number of carbonyl (C=O) groups excluding carboxylic acids is 1. The summed E-state index contributed by atoms with van der Waals surface area (Å²) in [6.45, 7) is 1.12. The second-order valence-corrected chi connectivity index (χ2v) is 5.69. The molecule has 0 aliphatic carbocycles. The summed E-state index contributed by atoms with van der Waals surface area (Å²) in [5, 5.41) is 9.51. The molecule has 0 radical (unpaired) electrons. The SMILES string of the molecule is COC(=C=O)[C@H](c1ccccc1Cl)N1CCC=C(CC(=O)O)C1. The molecular formula is C17H18ClNO4. The zero-order valence-corrected chi connectivity index (χ0v) is 13.5. The first-order chi connectivity index (χ1) is 11.1. The molecule has 122 valence electrons. The van der Waals surface area contributed by atoms with Gasteiger partial charge in [-0.1, -0.05) is 35.9 Å². The fraction of sp³-hybridized carbons (Fsp3) is 0.353. The van der Waals surface area contributed by atoms with E-state index in [1.54, 1.807) is 6.07 Å². The van der Waals surface area contributed by atoms with E-state index >= 15 is 0 Å². The Morgan fingerprint density at radius 2 is 2.22 bits per heavy atom. The van der Waals surface area contributed by atoms with Crippen molar-refractivity contribution in [1.29, 1.82) is 0 Å². The van der Waals surface area contributed by atoms with E-state index in [2.05, 4.69) is 0 Å². The van der Waals surface area contributed by atoms with E-state index in [0.29, 0.717) is 24.5 Å². The number of benzene rings is 1. The van der Waals surface area contributed by atoms with Crippen molar-refractivity contribution in [2.45, 2.75) is 18.9 Å². The summed E-state index contributed by atoms with van der Waals surface area (Å²) >= 11 is 6.28. The number of carboxylic acids is 1. The van der Waals surface area contributed by atoms with E-state index < -0.39 is 12.0 Å². The van der Waals surface area contributed by atoms with Crippen LogP contribution in [0.1, 0.15) is 24.4 Å². The Labute approximate surface area is 139 Å². The van der Waals surface area contributed by atoms with E-state index in [-0.39, 0.29) is 12.2 Å². The molecule has 5 nitrogen and oxygen atoms in total. The Hall–Kier alpha value is -2.07. The maximum absolute atomic E-state index is 11.3. The number of carboxylic acid groups (broad SMARTS) is 1. The monoisotopic (exact) mass is 335 g/mol. The highest BCUT2D eigenvalue weighted by Crippen LogP contribution is 2.34. The van der Waals surface area contributed by atoms with Crippen LogP contribution in [0.2, 0.25) is 5.02 Å². The molecule has 0 aromatic heterocycles. The van der Waals surface area contributed by atoms with Crippen molar-refractivity contribution < 1.29 is 19.4 Å². The van der Waals surface area contributed by atoms with Gasteiger partial charge in [0.15, 0.2) is 5.94 Å². The predicted molar refractivity (Wildman–Crippen MR) is 86.9 cm³/mol. The fourth-order valence-corrected chi connectivity index (χ4v) is 3.03. The van der Waals surface area contributed by atoms with Gasteiger partial charge in [-0.15, -0.1) is 0 Å². The van der Waals surface area contributed by atoms with Crippen LogP contribution in [-0.2, 0) is 14.3 Å². The van der Waals surface area contributed by atoms with Crippen molar-refractivity contribution in [1.82, 2.24) is 4.90 Å². The molecule has 2 rings (SSSR count). The lowest BCUT2D eigenvalue weighted by molar-refractivity contribution is -0.136. The molecule has 0 bridgehead atoms. The van der Waals surface area contributed by atoms with Crippen LogP contribution in [0.25, 0.3) is 0 Å². The van der Waals surface area contributed by atoms with Crippen LogP contribution in [0.4, 0.5) is 0 Å². The lowest BCUT2D eigenvalue weighted by Gasteiger charge is -2.34. The minimum atomic E-state index is -0.870. The smallest absolute Gasteiger partial charge is 0.307 e. The molecule has 1 N–H and O–H groups in total. The standard InChI is InChI=1S/C17H18ClNO4/c1-23-15(11-20)17(13-6-2-3-7-14(13)18)19-8-4-5-12(10-19)9-16(21)22/h2-3,5-7,17H,4,8-10H2,1H3,(H,21,22)/t17-/m0/s1. The van der Waals surface area contributed by atoms with Gasteiger partial charge in [0.2, 0.25) is 5.76 Å².